The van der Waals surface area contributed by atoms with E-state index in [1.165, 1.54) is 5.56 Å². The Hall–Kier alpha value is -3.71. The number of anilines is 2. The van der Waals surface area contributed by atoms with Crippen molar-refractivity contribution in [1.82, 2.24) is 20.6 Å². The molecule has 3 N–H and O–H groups in total. The molecule has 5 rings (SSSR count). The standard InChI is InChI=1S/C26H27N5O2/c1-33-24-4-2-3-21(30-24)22-15-19-11-14-28-23(16-32)25(19)26(31-22)29-20-7-5-17(6-8-20)18-9-12-27-13-10-18/h2-8,11,14-16,18,23,27-28H,9-10,12-13H2,1H3,(H,29,31). The molecular formula is C26H27N5O2. The van der Waals surface area contributed by atoms with Crippen LogP contribution in [0.4, 0.5) is 11.5 Å². The number of aldehydes is 1. The van der Waals surface area contributed by atoms with Gasteiger partial charge >= 0.3 is 0 Å². The van der Waals surface area contributed by atoms with Crippen LogP contribution < -0.4 is 20.7 Å². The zero-order valence-corrected chi connectivity index (χ0v) is 18.5. The van der Waals surface area contributed by atoms with Gasteiger partial charge in [-0.15, -0.1) is 0 Å². The smallest absolute Gasteiger partial charge is 0.213 e. The molecule has 0 amide bonds. The van der Waals surface area contributed by atoms with Crippen LogP contribution >= 0.6 is 0 Å². The lowest BCUT2D eigenvalue weighted by atomic mass is 9.90. The summed E-state index contributed by atoms with van der Waals surface area (Å²) in [7, 11) is 1.59. The summed E-state index contributed by atoms with van der Waals surface area (Å²) in [6.45, 7) is 2.14. The van der Waals surface area contributed by atoms with E-state index in [1.54, 1.807) is 19.4 Å². The number of ether oxygens (including phenoxy) is 1. The number of carbonyl (C=O) groups is 1. The van der Waals surface area contributed by atoms with Gasteiger partial charge in [-0.3, -0.25) is 0 Å². The third-order valence-electron chi connectivity index (χ3n) is 6.26. The summed E-state index contributed by atoms with van der Waals surface area (Å²) in [6, 6.07) is 15.6. The van der Waals surface area contributed by atoms with Gasteiger partial charge in [0.2, 0.25) is 5.88 Å². The van der Waals surface area contributed by atoms with Gasteiger partial charge < -0.3 is 25.5 Å². The highest BCUT2D eigenvalue weighted by molar-refractivity contribution is 5.79. The quantitative estimate of drug-likeness (QED) is 0.495. The summed E-state index contributed by atoms with van der Waals surface area (Å²) in [6.07, 6.45) is 6.97. The number of benzene rings is 1. The molecule has 7 heteroatoms. The first-order chi connectivity index (χ1) is 16.2. The first-order valence-electron chi connectivity index (χ1n) is 11.3. The summed E-state index contributed by atoms with van der Waals surface area (Å²) in [4.78, 5) is 21.2. The summed E-state index contributed by atoms with van der Waals surface area (Å²) in [5.74, 6) is 1.76. The van der Waals surface area contributed by atoms with Crippen LogP contribution in [-0.4, -0.2) is 36.5 Å². The Morgan fingerprint density at radius 3 is 2.64 bits per heavy atom. The molecule has 1 unspecified atom stereocenters. The van der Waals surface area contributed by atoms with Crippen molar-refractivity contribution in [3.05, 3.63) is 71.4 Å². The van der Waals surface area contributed by atoms with Gasteiger partial charge in [-0.25, -0.2) is 9.97 Å². The minimum Gasteiger partial charge on any atom is -0.481 e. The zero-order chi connectivity index (χ0) is 22.6. The second-order valence-electron chi connectivity index (χ2n) is 8.31. The number of rotatable bonds is 6. The number of carbonyl (C=O) groups excluding carboxylic acids is 1. The lowest BCUT2D eigenvalue weighted by Gasteiger charge is -2.24. The molecule has 3 aromatic rings. The minimum absolute atomic E-state index is 0.471. The molecule has 1 aromatic carbocycles. The third-order valence-corrected chi connectivity index (χ3v) is 6.26. The number of nitrogens with zero attached hydrogens (tertiary/aromatic N) is 2. The molecule has 0 radical (unpaired) electrons. The van der Waals surface area contributed by atoms with E-state index in [-0.39, 0.29) is 0 Å². The number of fused-ring (bicyclic) bond motifs is 1. The van der Waals surface area contributed by atoms with Gasteiger partial charge in [0.25, 0.3) is 0 Å². The van der Waals surface area contributed by atoms with Crippen molar-refractivity contribution >= 4 is 23.9 Å². The summed E-state index contributed by atoms with van der Waals surface area (Å²) in [5, 5.41) is 9.98. The first-order valence-corrected chi connectivity index (χ1v) is 11.3. The van der Waals surface area contributed by atoms with Crippen LogP contribution in [0.25, 0.3) is 17.5 Å². The molecule has 1 atom stereocenters. The minimum atomic E-state index is -0.471. The first kappa shape index (κ1) is 21.2. The monoisotopic (exact) mass is 441 g/mol. The Labute approximate surface area is 193 Å². The zero-order valence-electron chi connectivity index (χ0n) is 18.5. The molecule has 2 aromatic heterocycles. The number of piperidine rings is 1. The summed E-state index contributed by atoms with van der Waals surface area (Å²) >= 11 is 0. The Balaban J connectivity index is 1.51. The van der Waals surface area contributed by atoms with Gasteiger partial charge in [-0.1, -0.05) is 18.2 Å². The Bertz CT molecular complexity index is 1170. The van der Waals surface area contributed by atoms with Crippen LogP contribution in [0.3, 0.4) is 0 Å². The molecular weight excluding hydrogens is 414 g/mol. The SMILES string of the molecule is COc1cccc(-c2cc3c(c(Nc4ccc(C5CCNCC5)cc4)n2)C(C=O)NC=C3)n1. The fourth-order valence-electron chi connectivity index (χ4n) is 4.50. The molecule has 1 saturated heterocycles. The van der Waals surface area contributed by atoms with Crippen LogP contribution in [0.15, 0.2) is 54.7 Å². The number of hydrogen-bond donors (Lipinski definition) is 3. The van der Waals surface area contributed by atoms with Crippen LogP contribution in [0.1, 0.15) is 41.5 Å². The highest BCUT2D eigenvalue weighted by Crippen LogP contribution is 2.34. The molecule has 33 heavy (non-hydrogen) atoms. The average Bonchev–Trinajstić information content (AvgIpc) is 2.89. The number of pyridine rings is 2. The van der Waals surface area contributed by atoms with Crippen LogP contribution in [0.2, 0.25) is 0 Å². The normalized spacial score (nSPS) is 17.7. The van der Waals surface area contributed by atoms with Gasteiger partial charge in [-0.2, -0.15) is 0 Å². The van der Waals surface area contributed by atoms with E-state index >= 15 is 0 Å². The fourth-order valence-corrected chi connectivity index (χ4v) is 4.50. The van der Waals surface area contributed by atoms with Crippen molar-refractivity contribution in [3.8, 4) is 17.3 Å². The lowest BCUT2D eigenvalue weighted by molar-refractivity contribution is -0.109. The van der Waals surface area contributed by atoms with E-state index in [1.807, 2.05) is 24.3 Å². The third kappa shape index (κ3) is 4.45. The van der Waals surface area contributed by atoms with Gasteiger partial charge in [-0.05, 0) is 79.5 Å². The maximum Gasteiger partial charge on any atom is 0.213 e. The maximum atomic E-state index is 11.8. The van der Waals surface area contributed by atoms with Gasteiger partial charge in [0.05, 0.1) is 18.5 Å². The predicted molar refractivity (Wildman–Crippen MR) is 130 cm³/mol. The molecule has 0 aliphatic carbocycles. The Morgan fingerprint density at radius 1 is 1.06 bits per heavy atom. The number of hydrogen-bond acceptors (Lipinski definition) is 7. The van der Waals surface area contributed by atoms with Gasteiger partial charge in [0, 0.05) is 17.3 Å². The van der Waals surface area contributed by atoms with Crippen molar-refractivity contribution in [2.45, 2.75) is 24.8 Å². The Morgan fingerprint density at radius 2 is 1.88 bits per heavy atom. The molecule has 0 saturated carbocycles. The van der Waals surface area contributed by atoms with Crippen LogP contribution in [0.5, 0.6) is 5.88 Å². The molecule has 7 nitrogen and oxygen atoms in total. The molecule has 168 valence electrons. The topological polar surface area (TPSA) is 88.2 Å². The summed E-state index contributed by atoms with van der Waals surface area (Å²) < 4.78 is 5.28. The molecule has 4 heterocycles. The van der Waals surface area contributed by atoms with Crippen molar-refractivity contribution in [2.24, 2.45) is 0 Å². The number of nitrogens with one attached hydrogen (secondary N) is 3. The second-order valence-corrected chi connectivity index (χ2v) is 8.31. The predicted octanol–water partition coefficient (Wildman–Crippen LogP) is 4.18. The van der Waals surface area contributed by atoms with Crippen LogP contribution in [-0.2, 0) is 4.79 Å². The van der Waals surface area contributed by atoms with E-state index < -0.39 is 6.04 Å². The largest absolute Gasteiger partial charge is 0.481 e. The summed E-state index contributed by atoms with van der Waals surface area (Å²) in [5.41, 5.74) is 5.45. The maximum absolute atomic E-state index is 11.8. The van der Waals surface area contributed by atoms with E-state index in [0.717, 1.165) is 49.0 Å². The van der Waals surface area contributed by atoms with E-state index in [9.17, 15) is 4.79 Å². The lowest BCUT2D eigenvalue weighted by Crippen LogP contribution is -2.26. The van der Waals surface area contributed by atoms with Crippen molar-refractivity contribution < 1.29 is 9.53 Å². The van der Waals surface area contributed by atoms with Crippen LogP contribution in [0, 0.1) is 0 Å². The molecule has 2 aliphatic rings. The van der Waals surface area contributed by atoms with Gasteiger partial charge in [0.15, 0.2) is 0 Å². The van der Waals surface area contributed by atoms with E-state index in [2.05, 4.69) is 45.2 Å². The fraction of sp³-hybridized carbons (Fsp3) is 0.269. The molecule has 1 fully saturated rings. The number of methoxy groups -OCH3 is 1. The van der Waals surface area contributed by atoms with Crippen molar-refractivity contribution in [1.29, 1.82) is 0 Å². The van der Waals surface area contributed by atoms with E-state index in [4.69, 9.17) is 9.72 Å². The average molecular weight is 442 g/mol. The number of aromatic nitrogens is 2. The molecule has 0 bridgehead atoms. The Kier molecular flexibility index (Phi) is 6.04. The van der Waals surface area contributed by atoms with Crippen molar-refractivity contribution in [3.63, 3.8) is 0 Å². The molecule has 0 spiro atoms. The second kappa shape index (κ2) is 9.42. The highest BCUT2D eigenvalue weighted by atomic mass is 16.5. The highest BCUT2D eigenvalue weighted by Gasteiger charge is 2.23. The van der Waals surface area contributed by atoms with E-state index in [0.29, 0.717) is 29.0 Å². The van der Waals surface area contributed by atoms with Crippen molar-refractivity contribution in [2.75, 3.05) is 25.5 Å². The van der Waals surface area contributed by atoms with Gasteiger partial charge in [0.1, 0.15) is 18.1 Å². The molecule has 2 aliphatic heterocycles.